The monoisotopic (exact) mass is 453 g/mol. The minimum Gasteiger partial charge on any atom is -0.484 e. The van der Waals surface area contributed by atoms with Crippen molar-refractivity contribution in [1.29, 1.82) is 0 Å². The number of rotatable bonds is 4. The summed E-state index contributed by atoms with van der Waals surface area (Å²) in [5.74, 6) is -2.30. The zero-order valence-electron chi connectivity index (χ0n) is 17.9. The summed E-state index contributed by atoms with van der Waals surface area (Å²) in [7, 11) is 0.701. The van der Waals surface area contributed by atoms with Crippen molar-refractivity contribution in [2.24, 2.45) is 0 Å². The maximum Gasteiger partial charge on any atom is 0.337 e. The van der Waals surface area contributed by atoms with Gasteiger partial charge in [-0.1, -0.05) is 12.1 Å². The number of halogens is 2. The van der Waals surface area contributed by atoms with Gasteiger partial charge in [-0.05, 0) is 62.9 Å². The fourth-order valence-corrected chi connectivity index (χ4v) is 7.02. The molecule has 3 aromatic carbocycles. The first-order chi connectivity index (χ1) is 15.4. The maximum absolute atomic E-state index is 14.7. The van der Waals surface area contributed by atoms with E-state index in [1.54, 1.807) is 12.1 Å². The first kappa shape index (κ1) is 20.9. The fraction of sp³-hybridized carbons (Fsp3) is 0.269. The van der Waals surface area contributed by atoms with Crippen LogP contribution >= 0.6 is 10.5 Å². The van der Waals surface area contributed by atoms with Gasteiger partial charge < -0.3 is 9.47 Å². The van der Waals surface area contributed by atoms with Gasteiger partial charge in [0.25, 0.3) is 0 Å². The summed E-state index contributed by atoms with van der Waals surface area (Å²) in [6, 6.07) is 16.2. The van der Waals surface area contributed by atoms with Gasteiger partial charge in [-0.3, -0.25) is 0 Å². The molecule has 0 aliphatic heterocycles. The van der Waals surface area contributed by atoms with Crippen LogP contribution in [0.4, 0.5) is 8.78 Å². The second-order valence-corrected chi connectivity index (χ2v) is 10.4. The lowest BCUT2D eigenvalue weighted by Crippen LogP contribution is -2.28. The van der Waals surface area contributed by atoms with Crippen molar-refractivity contribution in [2.75, 3.05) is 7.11 Å². The number of methoxy groups -OCH3 is 1. The third-order valence-corrected chi connectivity index (χ3v) is 8.54. The SMILES string of the molecule is COC(=O)c1ccc2c(c1)c1ccccc1[s+]2-c1cc(F)c(F)c(OC2(C)CCCC2)c1. The van der Waals surface area contributed by atoms with E-state index >= 15 is 0 Å². The Hall–Kier alpha value is -2.99. The molecule has 32 heavy (non-hydrogen) atoms. The Labute approximate surface area is 187 Å². The van der Waals surface area contributed by atoms with E-state index in [0.29, 0.717) is 10.5 Å². The van der Waals surface area contributed by atoms with Crippen molar-refractivity contribution in [2.45, 2.75) is 38.2 Å². The smallest absolute Gasteiger partial charge is 0.337 e. The van der Waals surface area contributed by atoms with Crippen LogP contribution in [0.25, 0.3) is 25.1 Å². The quantitative estimate of drug-likeness (QED) is 0.237. The van der Waals surface area contributed by atoms with E-state index in [9.17, 15) is 13.6 Å². The molecule has 0 saturated heterocycles. The molecule has 164 valence electrons. The standard InChI is InChI=1S/C26H23F2O3S/c1-26(11-5-6-12-26)31-21-15-17(14-20(27)24(21)28)32-22-8-4-3-7-18(22)19-13-16(25(29)30-2)9-10-23(19)32/h3-4,7-10,13-15H,5-6,11-12H2,1-2H3/q+1. The van der Waals surface area contributed by atoms with Crippen LogP contribution in [0.1, 0.15) is 43.0 Å². The number of thiophene rings is 1. The Morgan fingerprint density at radius 2 is 1.69 bits per heavy atom. The molecule has 0 amide bonds. The second kappa shape index (κ2) is 7.85. The van der Waals surface area contributed by atoms with Gasteiger partial charge in [-0.2, -0.15) is 4.39 Å². The van der Waals surface area contributed by atoms with Gasteiger partial charge >= 0.3 is 5.97 Å². The van der Waals surface area contributed by atoms with Crippen LogP contribution in [0.5, 0.6) is 5.75 Å². The molecule has 1 saturated carbocycles. The topological polar surface area (TPSA) is 35.5 Å². The molecule has 0 radical (unpaired) electrons. The van der Waals surface area contributed by atoms with Crippen LogP contribution in [0.2, 0.25) is 0 Å². The molecular weight excluding hydrogens is 430 g/mol. The van der Waals surface area contributed by atoms with Crippen molar-refractivity contribution < 1.29 is 23.0 Å². The number of fused-ring (bicyclic) bond motifs is 3. The van der Waals surface area contributed by atoms with Crippen molar-refractivity contribution in [1.82, 2.24) is 0 Å². The average molecular weight is 454 g/mol. The van der Waals surface area contributed by atoms with E-state index in [2.05, 4.69) is 0 Å². The molecule has 1 aliphatic carbocycles. The summed E-state index contributed by atoms with van der Waals surface area (Å²) in [5.41, 5.74) is -0.0226. The van der Waals surface area contributed by atoms with Crippen LogP contribution in [0, 0.1) is 11.6 Å². The molecule has 1 fully saturated rings. The summed E-state index contributed by atoms with van der Waals surface area (Å²) in [6.07, 6.45) is 3.69. The van der Waals surface area contributed by atoms with Gasteiger partial charge in [0, 0.05) is 33.4 Å². The fourth-order valence-electron chi connectivity index (χ4n) is 4.63. The van der Waals surface area contributed by atoms with Crippen molar-refractivity contribution >= 4 is 36.6 Å². The highest BCUT2D eigenvalue weighted by molar-refractivity contribution is 7.50. The molecule has 3 nitrogen and oxygen atoms in total. The number of ether oxygens (including phenoxy) is 2. The normalized spacial score (nSPS) is 15.9. The second-order valence-electron chi connectivity index (χ2n) is 8.48. The molecular formula is C26H23F2O3S+. The van der Waals surface area contributed by atoms with Crippen molar-refractivity contribution in [3.8, 4) is 10.6 Å². The lowest BCUT2D eigenvalue weighted by atomic mass is 10.1. The number of hydrogen-bond acceptors (Lipinski definition) is 3. The molecule has 0 spiro atoms. The van der Waals surface area contributed by atoms with Gasteiger partial charge in [-0.25, -0.2) is 9.18 Å². The molecule has 6 heteroatoms. The Morgan fingerprint density at radius 3 is 2.44 bits per heavy atom. The molecule has 1 unspecified atom stereocenters. The van der Waals surface area contributed by atoms with E-state index in [1.807, 2.05) is 43.3 Å². The Balaban J connectivity index is 1.73. The Kier molecular flexibility index (Phi) is 5.13. The highest BCUT2D eigenvalue weighted by Gasteiger charge is 2.33. The number of esters is 1. The Bertz CT molecular complexity index is 1350. The third kappa shape index (κ3) is 3.43. The summed E-state index contributed by atoms with van der Waals surface area (Å²) < 4.78 is 42.3. The molecule has 1 heterocycles. The van der Waals surface area contributed by atoms with Gasteiger partial charge in [-0.15, -0.1) is 0 Å². The Morgan fingerprint density at radius 1 is 0.969 bits per heavy atom. The lowest BCUT2D eigenvalue weighted by Gasteiger charge is -2.25. The lowest BCUT2D eigenvalue weighted by molar-refractivity contribution is 0.0601. The van der Waals surface area contributed by atoms with E-state index in [0.717, 1.165) is 45.9 Å². The molecule has 1 aromatic heterocycles. The summed E-state index contributed by atoms with van der Waals surface area (Å²) >= 11 is 0. The van der Waals surface area contributed by atoms with E-state index in [4.69, 9.17) is 9.47 Å². The molecule has 5 rings (SSSR count). The highest BCUT2D eigenvalue weighted by atomic mass is 32.2. The summed E-state index contributed by atoms with van der Waals surface area (Å²) in [4.78, 5) is 12.7. The molecule has 1 aliphatic rings. The summed E-state index contributed by atoms with van der Waals surface area (Å²) in [6.45, 7) is 1.96. The highest BCUT2D eigenvalue weighted by Crippen LogP contribution is 2.50. The van der Waals surface area contributed by atoms with Crippen LogP contribution in [-0.2, 0) is 4.74 Å². The van der Waals surface area contributed by atoms with E-state index < -0.39 is 33.7 Å². The number of benzene rings is 3. The van der Waals surface area contributed by atoms with Crippen molar-refractivity contribution in [3.05, 3.63) is 71.8 Å². The minimum atomic E-state index is -0.945. The first-order valence-corrected chi connectivity index (χ1v) is 11.9. The first-order valence-electron chi connectivity index (χ1n) is 10.6. The predicted molar refractivity (Wildman–Crippen MR) is 124 cm³/mol. The van der Waals surface area contributed by atoms with Crippen LogP contribution in [-0.4, -0.2) is 18.7 Å². The number of carbonyl (C=O) groups excluding carboxylic acids is 1. The zero-order chi connectivity index (χ0) is 22.5. The zero-order valence-corrected chi connectivity index (χ0v) is 18.7. The molecule has 4 aromatic rings. The van der Waals surface area contributed by atoms with Crippen LogP contribution in [0.15, 0.2) is 54.6 Å². The largest absolute Gasteiger partial charge is 0.484 e. The maximum atomic E-state index is 14.7. The minimum absolute atomic E-state index is 0.0333. The molecule has 1 atom stereocenters. The van der Waals surface area contributed by atoms with Crippen LogP contribution < -0.4 is 4.74 Å². The van der Waals surface area contributed by atoms with Gasteiger partial charge in [0.2, 0.25) is 5.82 Å². The molecule has 0 bridgehead atoms. The van der Waals surface area contributed by atoms with E-state index in [-0.39, 0.29) is 5.75 Å². The number of hydrogen-bond donors (Lipinski definition) is 0. The third-order valence-electron chi connectivity index (χ3n) is 6.24. The average Bonchev–Trinajstić information content (AvgIpc) is 3.37. The van der Waals surface area contributed by atoms with E-state index in [1.165, 1.54) is 13.2 Å². The molecule has 0 N–H and O–H groups in total. The van der Waals surface area contributed by atoms with Crippen LogP contribution in [0.3, 0.4) is 0 Å². The van der Waals surface area contributed by atoms with Gasteiger partial charge in [0.05, 0.1) is 12.7 Å². The predicted octanol–water partition coefficient (Wildman–Crippen LogP) is 7.51. The number of carbonyl (C=O) groups is 1. The van der Waals surface area contributed by atoms with Gasteiger partial charge in [0.1, 0.15) is 5.60 Å². The van der Waals surface area contributed by atoms with Crippen molar-refractivity contribution in [3.63, 3.8) is 0 Å². The van der Waals surface area contributed by atoms with Gasteiger partial charge in [0.15, 0.2) is 25.9 Å². The summed E-state index contributed by atoms with van der Waals surface area (Å²) in [5, 5.41) is 1.88.